The maximum absolute atomic E-state index is 4.60. The molecule has 0 aromatic rings. The highest BCUT2D eigenvalue weighted by atomic mass is 16.5. The fraction of sp³-hybridized carbons (Fsp3) is 0.783. The molecule has 0 aliphatic rings. The van der Waals surface area contributed by atoms with Crippen molar-refractivity contribution in [1.82, 2.24) is 0 Å². The van der Waals surface area contributed by atoms with E-state index in [0.29, 0.717) is 0 Å². The van der Waals surface area contributed by atoms with Gasteiger partial charge in [-0.1, -0.05) is 115 Å². The molecule has 141 valence electrons. The molecule has 0 saturated carbocycles. The minimum atomic E-state index is 1.18. The molecule has 0 saturated heterocycles. The zero-order valence-electron chi connectivity index (χ0n) is 16.4. The Morgan fingerprint density at radius 3 is 1.42 bits per heavy atom. The van der Waals surface area contributed by atoms with Crippen molar-refractivity contribution in [2.45, 2.75) is 116 Å². The molecule has 1 nitrogen and oxygen atoms in total. The summed E-state index contributed by atoms with van der Waals surface area (Å²) in [7, 11) is 3.28. The predicted molar refractivity (Wildman–Crippen MR) is 109 cm³/mol. The van der Waals surface area contributed by atoms with Crippen LogP contribution in [0, 0.1) is 7.11 Å². The molecule has 24 heavy (non-hydrogen) atoms. The summed E-state index contributed by atoms with van der Waals surface area (Å²) in [6.07, 6.45) is 31.8. The number of hydrogen-bond acceptors (Lipinski definition) is 1. The molecule has 1 heteroatoms. The summed E-state index contributed by atoms with van der Waals surface area (Å²) in [6.45, 7) is 2.29. The fourth-order valence-corrected chi connectivity index (χ4v) is 3.09. The first kappa shape index (κ1) is 23.3. The second-order valence-electron chi connectivity index (χ2n) is 7.02. The van der Waals surface area contributed by atoms with Crippen molar-refractivity contribution in [2.75, 3.05) is 0 Å². The molecule has 0 aliphatic carbocycles. The number of hydrogen-bond donors (Lipinski definition) is 0. The molecular weight excluding hydrogens is 292 g/mol. The van der Waals surface area contributed by atoms with Gasteiger partial charge in [-0.15, -0.1) is 0 Å². The Morgan fingerprint density at radius 2 is 1.00 bits per heavy atom. The first-order chi connectivity index (χ1) is 11.9. The third-order valence-electron chi connectivity index (χ3n) is 4.65. The molecule has 0 heterocycles. The third kappa shape index (κ3) is 21.3. The van der Waals surface area contributed by atoms with Crippen LogP contribution in [0.15, 0.2) is 24.5 Å². The van der Waals surface area contributed by atoms with E-state index < -0.39 is 0 Å². The highest BCUT2D eigenvalue weighted by molar-refractivity contribution is 4.99. The SMILES string of the molecule is [CH2]OC=CC=CCCCCCCCCCCCCCCCCCC. The molecule has 0 N–H and O–H groups in total. The van der Waals surface area contributed by atoms with Crippen LogP contribution < -0.4 is 0 Å². The average molecular weight is 336 g/mol. The van der Waals surface area contributed by atoms with Gasteiger partial charge in [0.25, 0.3) is 0 Å². The molecule has 0 aromatic heterocycles. The second kappa shape index (κ2) is 22.3. The van der Waals surface area contributed by atoms with Crippen LogP contribution in [0.5, 0.6) is 0 Å². The molecule has 0 bridgehead atoms. The van der Waals surface area contributed by atoms with Crippen LogP contribution >= 0.6 is 0 Å². The van der Waals surface area contributed by atoms with Crippen LogP contribution in [-0.4, -0.2) is 0 Å². The lowest BCUT2D eigenvalue weighted by Gasteiger charge is -2.03. The van der Waals surface area contributed by atoms with Crippen molar-refractivity contribution in [1.29, 1.82) is 0 Å². The highest BCUT2D eigenvalue weighted by Crippen LogP contribution is 2.14. The molecule has 0 atom stereocenters. The van der Waals surface area contributed by atoms with Gasteiger partial charge in [0.2, 0.25) is 0 Å². The number of allylic oxidation sites excluding steroid dienone is 3. The maximum Gasteiger partial charge on any atom is 0.121 e. The van der Waals surface area contributed by atoms with Gasteiger partial charge in [-0.3, -0.25) is 0 Å². The van der Waals surface area contributed by atoms with Gasteiger partial charge in [0.1, 0.15) is 7.11 Å². The lowest BCUT2D eigenvalue weighted by Crippen LogP contribution is -1.83. The number of unbranched alkanes of at least 4 members (excludes halogenated alkanes) is 16. The van der Waals surface area contributed by atoms with Gasteiger partial charge in [-0.25, -0.2) is 0 Å². The zero-order valence-corrected chi connectivity index (χ0v) is 16.4. The van der Waals surface area contributed by atoms with Crippen molar-refractivity contribution in [2.24, 2.45) is 0 Å². The van der Waals surface area contributed by atoms with Crippen LogP contribution in [0.3, 0.4) is 0 Å². The Bertz CT molecular complexity index is 267. The Morgan fingerprint density at radius 1 is 0.583 bits per heavy atom. The van der Waals surface area contributed by atoms with Crippen molar-refractivity contribution in [3.05, 3.63) is 31.6 Å². The quantitative estimate of drug-likeness (QED) is 0.130. The van der Waals surface area contributed by atoms with Gasteiger partial charge in [0.05, 0.1) is 6.26 Å². The van der Waals surface area contributed by atoms with Crippen LogP contribution in [0.4, 0.5) is 0 Å². The van der Waals surface area contributed by atoms with E-state index in [-0.39, 0.29) is 0 Å². The summed E-state index contributed by atoms with van der Waals surface area (Å²) in [5.74, 6) is 0. The lowest BCUT2D eigenvalue weighted by atomic mass is 10.0. The van der Waals surface area contributed by atoms with E-state index in [0.717, 1.165) is 0 Å². The summed E-state index contributed by atoms with van der Waals surface area (Å²) in [5, 5.41) is 0. The van der Waals surface area contributed by atoms with E-state index >= 15 is 0 Å². The van der Waals surface area contributed by atoms with Crippen LogP contribution in [0.1, 0.15) is 116 Å². The Kier molecular flexibility index (Phi) is 21.6. The average Bonchev–Trinajstić information content (AvgIpc) is 2.60. The molecule has 0 rings (SSSR count). The third-order valence-corrected chi connectivity index (χ3v) is 4.65. The molecule has 1 radical (unpaired) electrons. The normalized spacial score (nSPS) is 11.8. The Labute approximate surface area is 153 Å². The van der Waals surface area contributed by atoms with Gasteiger partial charge in [0, 0.05) is 0 Å². The standard InChI is InChI=1S/C23H43O/c1-3-4-5-6-7-8-9-10-11-12-13-14-15-16-17-18-19-20-21-22-23-24-2/h20-23H,2-19H2,1H3. The monoisotopic (exact) mass is 335 g/mol. The summed E-state index contributed by atoms with van der Waals surface area (Å²) in [5.41, 5.74) is 0. The van der Waals surface area contributed by atoms with E-state index in [1.54, 1.807) is 6.26 Å². The number of ether oxygens (including phenoxy) is 1. The van der Waals surface area contributed by atoms with E-state index in [2.05, 4.69) is 24.8 Å². The minimum absolute atomic E-state index is 1.18. The van der Waals surface area contributed by atoms with E-state index in [4.69, 9.17) is 0 Å². The van der Waals surface area contributed by atoms with Gasteiger partial charge >= 0.3 is 0 Å². The van der Waals surface area contributed by atoms with Crippen molar-refractivity contribution >= 4 is 0 Å². The van der Waals surface area contributed by atoms with Gasteiger partial charge in [-0.2, -0.15) is 0 Å². The zero-order chi connectivity index (χ0) is 17.6. The van der Waals surface area contributed by atoms with E-state index in [1.807, 2.05) is 12.2 Å². The summed E-state index contributed by atoms with van der Waals surface area (Å²) in [6, 6.07) is 0. The summed E-state index contributed by atoms with van der Waals surface area (Å²) >= 11 is 0. The topological polar surface area (TPSA) is 9.23 Å². The van der Waals surface area contributed by atoms with Gasteiger partial charge in [0.15, 0.2) is 0 Å². The molecular formula is C23H43O. The largest absolute Gasteiger partial charge is 0.498 e. The summed E-state index contributed by atoms with van der Waals surface area (Å²) in [4.78, 5) is 0. The molecule has 0 aromatic carbocycles. The highest BCUT2D eigenvalue weighted by Gasteiger charge is 1.94. The second-order valence-corrected chi connectivity index (χ2v) is 7.02. The first-order valence-corrected chi connectivity index (χ1v) is 10.6. The lowest BCUT2D eigenvalue weighted by molar-refractivity contribution is 0.394. The van der Waals surface area contributed by atoms with Crippen LogP contribution in [0.2, 0.25) is 0 Å². The Hall–Kier alpha value is -0.720. The first-order valence-electron chi connectivity index (χ1n) is 10.6. The maximum atomic E-state index is 4.60. The molecule has 0 amide bonds. The Balaban J connectivity index is 3.02. The van der Waals surface area contributed by atoms with Crippen LogP contribution in [0.25, 0.3) is 0 Å². The smallest absolute Gasteiger partial charge is 0.121 e. The van der Waals surface area contributed by atoms with Crippen molar-refractivity contribution in [3.8, 4) is 0 Å². The van der Waals surface area contributed by atoms with Crippen molar-refractivity contribution in [3.63, 3.8) is 0 Å². The molecule has 0 unspecified atom stereocenters. The molecule has 0 spiro atoms. The van der Waals surface area contributed by atoms with Gasteiger partial charge < -0.3 is 4.74 Å². The number of rotatable bonds is 19. The fourth-order valence-electron chi connectivity index (χ4n) is 3.09. The van der Waals surface area contributed by atoms with E-state index in [9.17, 15) is 0 Å². The van der Waals surface area contributed by atoms with Gasteiger partial charge in [-0.05, 0) is 18.9 Å². The van der Waals surface area contributed by atoms with E-state index in [1.165, 1.54) is 109 Å². The molecule has 0 aliphatic heterocycles. The van der Waals surface area contributed by atoms with Crippen LogP contribution in [-0.2, 0) is 4.74 Å². The predicted octanol–water partition coefficient (Wildman–Crippen LogP) is 8.52. The van der Waals surface area contributed by atoms with Crippen molar-refractivity contribution < 1.29 is 4.74 Å². The molecule has 0 fully saturated rings. The minimum Gasteiger partial charge on any atom is -0.498 e. The summed E-state index contributed by atoms with van der Waals surface area (Å²) < 4.78 is 4.60.